The van der Waals surface area contributed by atoms with Crippen molar-refractivity contribution in [1.82, 2.24) is 31.1 Å². The fraction of sp³-hybridized carbons (Fsp3) is 0.655. The monoisotopic (exact) mass is 484 g/mol. The van der Waals surface area contributed by atoms with Crippen LogP contribution in [0.2, 0.25) is 0 Å². The van der Waals surface area contributed by atoms with E-state index in [1.165, 1.54) is 42.9 Å². The number of nitrogens with one attached hydrogen (secondary N) is 4. The van der Waals surface area contributed by atoms with Gasteiger partial charge in [0.05, 0.1) is 0 Å². The van der Waals surface area contributed by atoms with Crippen LogP contribution in [-0.4, -0.2) is 61.8 Å². The molecule has 0 aromatic heterocycles. The maximum absolute atomic E-state index is 3.96. The second kappa shape index (κ2) is 15.0. The molecule has 1 saturated heterocycles. The molecule has 0 spiro atoms. The van der Waals surface area contributed by atoms with Crippen LogP contribution in [0.4, 0.5) is 0 Å². The van der Waals surface area contributed by atoms with Crippen molar-refractivity contribution in [3.05, 3.63) is 59.9 Å². The summed E-state index contributed by atoms with van der Waals surface area (Å²) in [5.41, 5.74) is 5.28. The first-order valence-electron chi connectivity index (χ1n) is 13.8. The summed E-state index contributed by atoms with van der Waals surface area (Å²) in [6.07, 6.45) is 11.3. The Morgan fingerprint density at radius 1 is 1.26 bits per heavy atom. The molecule has 0 bridgehead atoms. The van der Waals surface area contributed by atoms with Crippen molar-refractivity contribution < 1.29 is 0 Å². The molecule has 2 rings (SSSR count). The predicted molar refractivity (Wildman–Crippen MR) is 152 cm³/mol. The number of hydrogen-bond acceptors (Lipinski definition) is 6. The van der Waals surface area contributed by atoms with Crippen LogP contribution >= 0.6 is 0 Å². The topological polar surface area (TPSA) is 54.6 Å². The molecule has 2 atom stereocenters. The van der Waals surface area contributed by atoms with Crippen LogP contribution in [0.15, 0.2) is 59.9 Å². The molecule has 0 amide bonds. The lowest BCUT2D eigenvalue weighted by Gasteiger charge is -2.46. The number of hydrogen-bond donors (Lipinski definition) is 4. The molecule has 0 radical (unpaired) electrons. The SMILES string of the molecule is C=CCC/C(CC)=C(\NC1C=C(NC)C(CC)=C(NC=C)N1)C(C)CN1CC(N(CC)CCC)C1. The van der Waals surface area contributed by atoms with Crippen LogP contribution in [0.5, 0.6) is 0 Å². The van der Waals surface area contributed by atoms with Gasteiger partial charge in [0.1, 0.15) is 12.0 Å². The molecular formula is C29H52N6. The zero-order valence-electron chi connectivity index (χ0n) is 23.3. The van der Waals surface area contributed by atoms with Gasteiger partial charge in [-0.05, 0) is 57.5 Å². The number of likely N-dealkylation sites (tertiary alicyclic amines) is 1. The van der Waals surface area contributed by atoms with E-state index in [1.807, 2.05) is 13.1 Å². The Hall–Kier alpha value is -2.18. The fourth-order valence-electron chi connectivity index (χ4n) is 5.42. The Morgan fingerprint density at radius 3 is 2.54 bits per heavy atom. The van der Waals surface area contributed by atoms with E-state index in [2.05, 4.69) is 84.9 Å². The number of allylic oxidation sites excluding steroid dienone is 3. The predicted octanol–water partition coefficient (Wildman–Crippen LogP) is 4.65. The molecule has 2 aliphatic rings. The average Bonchev–Trinajstić information content (AvgIpc) is 2.84. The highest BCUT2D eigenvalue weighted by molar-refractivity contribution is 5.38. The van der Waals surface area contributed by atoms with Gasteiger partial charge >= 0.3 is 0 Å². The maximum atomic E-state index is 3.96. The molecule has 0 aliphatic carbocycles. The third-order valence-corrected chi connectivity index (χ3v) is 7.29. The van der Waals surface area contributed by atoms with Gasteiger partial charge in [-0.15, -0.1) is 6.58 Å². The Morgan fingerprint density at radius 2 is 2.00 bits per heavy atom. The summed E-state index contributed by atoms with van der Waals surface area (Å²) in [5.74, 6) is 1.45. The normalized spacial score (nSPS) is 20.4. The van der Waals surface area contributed by atoms with Crippen LogP contribution in [0.1, 0.15) is 66.7 Å². The van der Waals surface area contributed by atoms with Gasteiger partial charge in [-0.2, -0.15) is 0 Å². The molecular weight excluding hydrogens is 432 g/mol. The van der Waals surface area contributed by atoms with Gasteiger partial charge in [0, 0.05) is 55.6 Å². The summed E-state index contributed by atoms with van der Waals surface area (Å²) >= 11 is 0. The summed E-state index contributed by atoms with van der Waals surface area (Å²) in [7, 11) is 1.99. The highest BCUT2D eigenvalue weighted by Gasteiger charge is 2.32. The molecule has 0 aromatic rings. The fourth-order valence-corrected chi connectivity index (χ4v) is 5.42. The van der Waals surface area contributed by atoms with Crippen LogP contribution in [0, 0.1) is 5.92 Å². The largest absolute Gasteiger partial charge is 0.388 e. The van der Waals surface area contributed by atoms with Gasteiger partial charge in [-0.25, -0.2) is 0 Å². The van der Waals surface area contributed by atoms with E-state index >= 15 is 0 Å². The first kappa shape index (κ1) is 29.1. The third kappa shape index (κ3) is 7.91. The van der Waals surface area contributed by atoms with E-state index in [9.17, 15) is 0 Å². The first-order chi connectivity index (χ1) is 17.0. The second-order valence-corrected chi connectivity index (χ2v) is 9.75. The van der Waals surface area contributed by atoms with E-state index in [0.29, 0.717) is 12.0 Å². The van der Waals surface area contributed by atoms with Crippen molar-refractivity contribution >= 4 is 0 Å². The number of nitrogens with zero attached hydrogens (tertiary/aromatic N) is 2. The van der Waals surface area contributed by atoms with Crippen molar-refractivity contribution in [2.24, 2.45) is 5.92 Å². The van der Waals surface area contributed by atoms with Crippen molar-refractivity contribution in [2.45, 2.75) is 78.9 Å². The summed E-state index contributed by atoms with van der Waals surface area (Å²) in [6.45, 7) is 25.1. The standard InChI is InChI=1S/C29H52N6/c1-9-15-16-23(11-3)28(22(7)19-34-20-24(21-34)35(14-6)17-10-2)32-27-18-26(30-8)25(12-4)29(33-27)31-13-5/h9,13,18,22,24,27,30-33H,1,5,10-12,14-17,19-21H2,2-4,6-8H3/b28-23-. The minimum absolute atomic E-state index is 0.00204. The molecule has 4 N–H and O–H groups in total. The Kier molecular flexibility index (Phi) is 12.5. The third-order valence-electron chi connectivity index (χ3n) is 7.29. The second-order valence-electron chi connectivity index (χ2n) is 9.75. The molecule has 35 heavy (non-hydrogen) atoms. The van der Waals surface area contributed by atoms with Crippen LogP contribution in [0.3, 0.4) is 0 Å². The molecule has 2 heterocycles. The lowest BCUT2D eigenvalue weighted by Crippen LogP contribution is -2.60. The summed E-state index contributed by atoms with van der Waals surface area (Å²) in [5, 5.41) is 14.3. The molecule has 2 aliphatic heterocycles. The van der Waals surface area contributed by atoms with Crippen LogP contribution < -0.4 is 21.3 Å². The Balaban J connectivity index is 2.19. The Bertz CT molecular complexity index is 774. The molecule has 0 saturated carbocycles. The lowest BCUT2D eigenvalue weighted by atomic mass is 9.94. The number of dihydropyridines is 1. The molecule has 198 valence electrons. The number of likely N-dealkylation sites (N-methyl/N-ethyl adjacent to an activating group) is 2. The van der Waals surface area contributed by atoms with Gasteiger partial charge in [-0.3, -0.25) is 9.80 Å². The van der Waals surface area contributed by atoms with E-state index < -0.39 is 0 Å². The van der Waals surface area contributed by atoms with E-state index in [4.69, 9.17) is 0 Å². The summed E-state index contributed by atoms with van der Waals surface area (Å²) in [6, 6.07) is 0.713. The molecule has 0 aromatic carbocycles. The van der Waals surface area contributed by atoms with Crippen LogP contribution in [0.25, 0.3) is 0 Å². The van der Waals surface area contributed by atoms with Gasteiger partial charge in [-0.1, -0.05) is 52.8 Å². The van der Waals surface area contributed by atoms with Gasteiger partial charge in [0.2, 0.25) is 0 Å². The zero-order chi connectivity index (χ0) is 25.8. The minimum Gasteiger partial charge on any atom is -0.388 e. The zero-order valence-corrected chi connectivity index (χ0v) is 23.3. The van der Waals surface area contributed by atoms with Crippen molar-refractivity contribution in [3.63, 3.8) is 0 Å². The average molecular weight is 485 g/mol. The summed E-state index contributed by atoms with van der Waals surface area (Å²) < 4.78 is 0. The molecule has 2 unspecified atom stereocenters. The minimum atomic E-state index is 0.00204. The highest BCUT2D eigenvalue weighted by Crippen LogP contribution is 2.26. The van der Waals surface area contributed by atoms with E-state index in [-0.39, 0.29) is 6.17 Å². The first-order valence-corrected chi connectivity index (χ1v) is 13.8. The highest BCUT2D eigenvalue weighted by atomic mass is 15.3. The lowest BCUT2D eigenvalue weighted by molar-refractivity contribution is 0.0302. The molecule has 6 nitrogen and oxygen atoms in total. The van der Waals surface area contributed by atoms with Crippen molar-refractivity contribution in [1.29, 1.82) is 0 Å². The van der Waals surface area contributed by atoms with E-state index in [0.717, 1.165) is 50.3 Å². The van der Waals surface area contributed by atoms with Crippen LogP contribution in [-0.2, 0) is 0 Å². The Labute approximate surface area is 215 Å². The summed E-state index contributed by atoms with van der Waals surface area (Å²) in [4.78, 5) is 5.26. The van der Waals surface area contributed by atoms with Crippen molar-refractivity contribution in [2.75, 3.05) is 39.8 Å². The maximum Gasteiger partial charge on any atom is 0.119 e. The van der Waals surface area contributed by atoms with Gasteiger partial charge in [0.15, 0.2) is 0 Å². The number of rotatable bonds is 17. The smallest absolute Gasteiger partial charge is 0.119 e. The van der Waals surface area contributed by atoms with Gasteiger partial charge < -0.3 is 21.3 Å². The van der Waals surface area contributed by atoms with Gasteiger partial charge in [0.25, 0.3) is 0 Å². The molecule has 6 heteroatoms. The quantitative estimate of drug-likeness (QED) is 0.226. The van der Waals surface area contributed by atoms with E-state index in [1.54, 1.807) is 6.20 Å². The molecule has 1 fully saturated rings. The van der Waals surface area contributed by atoms with Crippen molar-refractivity contribution in [3.8, 4) is 0 Å².